The van der Waals surface area contributed by atoms with E-state index in [1.54, 1.807) is 13.2 Å². The van der Waals surface area contributed by atoms with Gasteiger partial charge in [0.15, 0.2) is 6.23 Å². The molecule has 5 N–H and O–H groups in total. The molecule has 5 atom stereocenters. The van der Waals surface area contributed by atoms with Crippen molar-refractivity contribution in [3.8, 4) is 5.75 Å². The van der Waals surface area contributed by atoms with Gasteiger partial charge in [-0.15, -0.1) is 0 Å². The molecule has 2 rings (SSSR count). The number of ether oxygens (including phenoxy) is 2. The predicted octanol–water partition coefficient (Wildman–Crippen LogP) is -1.46. The molecule has 8 heteroatoms. The second-order valence-corrected chi connectivity index (χ2v) is 5.63. The number of nitrogens with one attached hydrogen (secondary N) is 1. The number of hydrogen-bond donors (Lipinski definition) is 5. The summed E-state index contributed by atoms with van der Waals surface area (Å²) in [6.45, 7) is -0.543. The largest absolute Gasteiger partial charge is 0.496 e. The van der Waals surface area contributed by atoms with E-state index in [0.717, 1.165) is 5.56 Å². The van der Waals surface area contributed by atoms with Crippen molar-refractivity contribution in [2.24, 2.45) is 0 Å². The Labute approximate surface area is 139 Å². The second kappa shape index (κ2) is 8.41. The Bertz CT molecular complexity index is 551. The van der Waals surface area contributed by atoms with Crippen LogP contribution in [-0.2, 0) is 16.0 Å². The third-order valence-corrected chi connectivity index (χ3v) is 4.01. The third-order valence-electron chi connectivity index (χ3n) is 4.01. The highest BCUT2D eigenvalue weighted by atomic mass is 16.6. The molecular formula is C16H23NO7. The Morgan fingerprint density at radius 3 is 2.58 bits per heavy atom. The van der Waals surface area contributed by atoms with Gasteiger partial charge in [-0.2, -0.15) is 0 Å². The molecule has 134 valence electrons. The lowest BCUT2D eigenvalue weighted by molar-refractivity contribution is -0.235. The summed E-state index contributed by atoms with van der Waals surface area (Å²) in [6, 6.07) is 7.31. The summed E-state index contributed by atoms with van der Waals surface area (Å²) in [7, 11) is 1.55. The topological polar surface area (TPSA) is 128 Å². The SMILES string of the molecule is COc1ccccc1CCC(=O)N[C@@H]1O[C@H](CO)[C@H](O)[C@H](O)[C@H]1O. The minimum atomic E-state index is -1.52. The Balaban J connectivity index is 1.91. The van der Waals surface area contributed by atoms with Crippen LogP contribution < -0.4 is 10.1 Å². The summed E-state index contributed by atoms with van der Waals surface area (Å²) in [4.78, 5) is 12.1. The lowest BCUT2D eigenvalue weighted by Crippen LogP contribution is -2.63. The zero-order chi connectivity index (χ0) is 17.7. The highest BCUT2D eigenvalue weighted by Crippen LogP contribution is 2.21. The lowest BCUT2D eigenvalue weighted by Gasteiger charge is -2.40. The number of rotatable bonds is 6. The molecule has 0 spiro atoms. The molecular weight excluding hydrogens is 318 g/mol. The molecule has 1 saturated heterocycles. The van der Waals surface area contributed by atoms with Gasteiger partial charge >= 0.3 is 0 Å². The van der Waals surface area contributed by atoms with E-state index < -0.39 is 43.2 Å². The smallest absolute Gasteiger partial charge is 0.222 e. The minimum absolute atomic E-state index is 0.120. The Morgan fingerprint density at radius 2 is 1.92 bits per heavy atom. The van der Waals surface area contributed by atoms with E-state index in [-0.39, 0.29) is 6.42 Å². The van der Waals surface area contributed by atoms with E-state index in [2.05, 4.69) is 5.32 Å². The van der Waals surface area contributed by atoms with Gasteiger partial charge in [0.05, 0.1) is 13.7 Å². The van der Waals surface area contributed by atoms with Crippen LogP contribution in [0.2, 0.25) is 0 Å². The van der Waals surface area contributed by atoms with Crippen LogP contribution in [0.25, 0.3) is 0 Å². The number of methoxy groups -OCH3 is 1. The fourth-order valence-corrected chi connectivity index (χ4v) is 2.61. The quantitative estimate of drug-likeness (QED) is 0.428. The summed E-state index contributed by atoms with van der Waals surface area (Å²) in [5.41, 5.74) is 0.865. The molecule has 0 aliphatic carbocycles. The van der Waals surface area contributed by atoms with Crippen molar-refractivity contribution < 1.29 is 34.7 Å². The van der Waals surface area contributed by atoms with Gasteiger partial charge in [0.25, 0.3) is 0 Å². The number of aryl methyl sites for hydroxylation is 1. The highest BCUT2D eigenvalue weighted by molar-refractivity contribution is 5.76. The van der Waals surface area contributed by atoms with Crippen molar-refractivity contribution in [1.29, 1.82) is 0 Å². The van der Waals surface area contributed by atoms with E-state index in [0.29, 0.717) is 12.2 Å². The Morgan fingerprint density at radius 1 is 1.21 bits per heavy atom. The molecule has 1 aliphatic rings. The maximum absolute atomic E-state index is 12.1. The molecule has 1 aliphatic heterocycles. The van der Waals surface area contributed by atoms with Gasteiger partial charge in [-0.1, -0.05) is 18.2 Å². The molecule has 1 aromatic carbocycles. The van der Waals surface area contributed by atoms with Gasteiger partial charge < -0.3 is 35.2 Å². The molecule has 0 radical (unpaired) electrons. The molecule has 1 amide bonds. The van der Waals surface area contributed by atoms with Gasteiger partial charge in [-0.05, 0) is 18.1 Å². The molecule has 1 fully saturated rings. The summed E-state index contributed by atoms with van der Waals surface area (Å²) >= 11 is 0. The lowest BCUT2D eigenvalue weighted by atomic mass is 9.98. The van der Waals surface area contributed by atoms with Gasteiger partial charge in [-0.25, -0.2) is 0 Å². The normalized spacial score (nSPS) is 30.0. The zero-order valence-corrected chi connectivity index (χ0v) is 13.3. The van der Waals surface area contributed by atoms with Crippen molar-refractivity contribution >= 4 is 5.91 Å². The first-order valence-corrected chi connectivity index (χ1v) is 7.69. The summed E-state index contributed by atoms with van der Waals surface area (Å²) in [5, 5.41) is 40.9. The standard InChI is InChI=1S/C16H23NO7/c1-23-10-5-3-2-4-9(10)6-7-12(19)17-16-15(22)14(21)13(20)11(8-18)24-16/h2-5,11,13-16,18,20-22H,6-8H2,1H3,(H,17,19)/t11-,13+,14+,15-,16-/m1/s1. The first-order valence-electron chi connectivity index (χ1n) is 7.69. The molecule has 0 unspecified atom stereocenters. The molecule has 0 bridgehead atoms. The van der Waals surface area contributed by atoms with Crippen LogP contribution in [0.3, 0.4) is 0 Å². The second-order valence-electron chi connectivity index (χ2n) is 5.63. The van der Waals surface area contributed by atoms with Crippen LogP contribution in [0.5, 0.6) is 5.75 Å². The Kier molecular flexibility index (Phi) is 6.52. The third kappa shape index (κ3) is 4.22. The number of aliphatic hydroxyl groups excluding tert-OH is 4. The van der Waals surface area contributed by atoms with Gasteiger partial charge in [0.1, 0.15) is 30.2 Å². The average Bonchev–Trinajstić information content (AvgIpc) is 2.60. The van der Waals surface area contributed by atoms with Crippen molar-refractivity contribution in [3.05, 3.63) is 29.8 Å². The number of carbonyl (C=O) groups is 1. The summed E-state index contributed by atoms with van der Waals surface area (Å²) in [5.74, 6) is 0.281. The Hall–Kier alpha value is -1.71. The number of hydrogen-bond acceptors (Lipinski definition) is 7. The zero-order valence-electron chi connectivity index (χ0n) is 13.3. The maximum Gasteiger partial charge on any atom is 0.222 e. The van der Waals surface area contributed by atoms with Crippen LogP contribution in [0.4, 0.5) is 0 Å². The highest BCUT2D eigenvalue weighted by Gasteiger charge is 2.43. The van der Waals surface area contributed by atoms with Crippen molar-refractivity contribution in [2.45, 2.75) is 43.5 Å². The van der Waals surface area contributed by atoms with E-state index in [1.807, 2.05) is 18.2 Å². The van der Waals surface area contributed by atoms with E-state index in [1.165, 1.54) is 0 Å². The van der Waals surface area contributed by atoms with Crippen LogP contribution in [0, 0.1) is 0 Å². The number of para-hydroxylation sites is 1. The van der Waals surface area contributed by atoms with Crippen LogP contribution >= 0.6 is 0 Å². The maximum atomic E-state index is 12.1. The van der Waals surface area contributed by atoms with Gasteiger partial charge in [0.2, 0.25) is 5.91 Å². The number of aliphatic hydroxyl groups is 4. The molecule has 0 aromatic heterocycles. The average molecular weight is 341 g/mol. The summed E-state index contributed by atoms with van der Waals surface area (Å²) in [6.07, 6.45) is -6.17. The number of amides is 1. The minimum Gasteiger partial charge on any atom is -0.496 e. The number of carbonyl (C=O) groups excluding carboxylic acids is 1. The van der Waals surface area contributed by atoms with Gasteiger partial charge in [0, 0.05) is 6.42 Å². The van der Waals surface area contributed by atoms with E-state index in [4.69, 9.17) is 14.6 Å². The molecule has 1 aromatic rings. The first kappa shape index (κ1) is 18.6. The van der Waals surface area contributed by atoms with Crippen molar-refractivity contribution in [3.63, 3.8) is 0 Å². The summed E-state index contributed by atoms with van der Waals surface area (Å²) < 4.78 is 10.4. The van der Waals surface area contributed by atoms with Crippen LogP contribution in [-0.4, -0.2) is 70.7 Å². The fourth-order valence-electron chi connectivity index (χ4n) is 2.61. The van der Waals surface area contributed by atoms with Gasteiger partial charge in [-0.3, -0.25) is 4.79 Å². The monoisotopic (exact) mass is 341 g/mol. The van der Waals surface area contributed by atoms with Crippen molar-refractivity contribution in [2.75, 3.05) is 13.7 Å². The number of benzene rings is 1. The molecule has 24 heavy (non-hydrogen) atoms. The van der Waals surface area contributed by atoms with E-state index >= 15 is 0 Å². The predicted molar refractivity (Wildman–Crippen MR) is 83.2 cm³/mol. The van der Waals surface area contributed by atoms with Crippen LogP contribution in [0.15, 0.2) is 24.3 Å². The molecule has 8 nitrogen and oxygen atoms in total. The first-order chi connectivity index (χ1) is 11.5. The fraction of sp³-hybridized carbons (Fsp3) is 0.562. The molecule has 1 heterocycles. The van der Waals surface area contributed by atoms with Crippen LogP contribution in [0.1, 0.15) is 12.0 Å². The molecule has 0 saturated carbocycles. The van der Waals surface area contributed by atoms with Crippen molar-refractivity contribution in [1.82, 2.24) is 5.32 Å². The van der Waals surface area contributed by atoms with E-state index in [9.17, 15) is 20.1 Å².